The van der Waals surface area contributed by atoms with Crippen molar-refractivity contribution in [2.24, 2.45) is 0 Å². The summed E-state index contributed by atoms with van der Waals surface area (Å²) in [6, 6.07) is 17.4. The Kier molecular flexibility index (Phi) is 8.50. The minimum Gasteiger partial charge on any atom is -0.382 e. The summed E-state index contributed by atoms with van der Waals surface area (Å²) >= 11 is 0. The van der Waals surface area contributed by atoms with Gasteiger partial charge in [0, 0.05) is 32.5 Å². The van der Waals surface area contributed by atoms with E-state index in [1.165, 1.54) is 22.1 Å². The molecule has 0 saturated heterocycles. The fraction of sp³-hybridized carbons (Fsp3) is 0.481. The van der Waals surface area contributed by atoms with E-state index in [1.807, 2.05) is 0 Å². The van der Waals surface area contributed by atoms with Gasteiger partial charge in [0.15, 0.2) is 22.1 Å². The molecule has 176 valence electrons. The first-order valence-corrected chi connectivity index (χ1v) is 12.4. The van der Waals surface area contributed by atoms with Gasteiger partial charge in [0.05, 0.1) is 39.4 Å². The van der Waals surface area contributed by atoms with Gasteiger partial charge >= 0.3 is 0 Å². The second-order valence-electron chi connectivity index (χ2n) is 8.44. The molecule has 0 saturated carbocycles. The zero-order valence-corrected chi connectivity index (χ0v) is 20.2. The maximum atomic E-state index is 5.53. The second-order valence-corrected chi connectivity index (χ2v) is 8.44. The van der Waals surface area contributed by atoms with Crippen molar-refractivity contribution in [1.82, 2.24) is 9.13 Å². The van der Waals surface area contributed by atoms with E-state index in [0.717, 1.165) is 71.9 Å². The molecule has 4 rings (SSSR count). The SMILES string of the molecule is CCOCCCn1c[n+](CCC[n+]2cn(CCCOCC)c3ccccc32)c2ccccc21. The van der Waals surface area contributed by atoms with Crippen molar-refractivity contribution < 1.29 is 18.6 Å². The van der Waals surface area contributed by atoms with Gasteiger partial charge in [0.2, 0.25) is 12.7 Å². The Morgan fingerprint density at radius 1 is 0.636 bits per heavy atom. The molecule has 2 aromatic heterocycles. The first-order valence-electron chi connectivity index (χ1n) is 12.4. The smallest absolute Gasteiger partial charge is 0.244 e. The standard InChI is InChI=1S/C27H38N4O2/c1-3-32-20-10-18-30-22-28(24-12-5-7-14-26(24)30)16-9-17-29-23-31(19-11-21-33-4-2)27-15-8-6-13-25(27)29/h5-8,12-15,22-23H,3-4,9-11,16-21H2,1-2H3/q+2. The molecule has 0 unspecified atom stereocenters. The number of fused-ring (bicyclic) bond motifs is 2. The van der Waals surface area contributed by atoms with Gasteiger partial charge in [-0.05, 0) is 38.1 Å². The predicted molar refractivity (Wildman–Crippen MR) is 131 cm³/mol. The van der Waals surface area contributed by atoms with Gasteiger partial charge in [0.25, 0.3) is 0 Å². The van der Waals surface area contributed by atoms with Crippen molar-refractivity contribution in [3.8, 4) is 0 Å². The molecular formula is C27H38N4O2+2. The number of aromatic nitrogens is 4. The van der Waals surface area contributed by atoms with Crippen LogP contribution in [0.1, 0.15) is 33.1 Å². The zero-order valence-electron chi connectivity index (χ0n) is 20.2. The number of aryl methyl sites for hydroxylation is 4. The van der Waals surface area contributed by atoms with E-state index < -0.39 is 0 Å². The van der Waals surface area contributed by atoms with Gasteiger partial charge < -0.3 is 9.47 Å². The molecule has 2 heterocycles. The fourth-order valence-corrected chi connectivity index (χ4v) is 4.57. The third kappa shape index (κ3) is 5.81. The van der Waals surface area contributed by atoms with Gasteiger partial charge in [-0.15, -0.1) is 0 Å². The van der Waals surface area contributed by atoms with E-state index in [4.69, 9.17) is 9.47 Å². The molecule has 0 N–H and O–H groups in total. The van der Waals surface area contributed by atoms with E-state index in [2.05, 4.69) is 93.3 Å². The van der Waals surface area contributed by atoms with E-state index in [9.17, 15) is 0 Å². The molecule has 0 amide bonds. The number of hydrogen-bond donors (Lipinski definition) is 0. The van der Waals surface area contributed by atoms with Crippen molar-refractivity contribution in [2.45, 2.75) is 59.3 Å². The molecule has 0 radical (unpaired) electrons. The quantitative estimate of drug-likeness (QED) is 0.214. The highest BCUT2D eigenvalue weighted by Gasteiger charge is 2.17. The Morgan fingerprint density at radius 2 is 1.09 bits per heavy atom. The van der Waals surface area contributed by atoms with Crippen molar-refractivity contribution in [3.05, 3.63) is 61.2 Å². The van der Waals surface area contributed by atoms with Crippen molar-refractivity contribution in [2.75, 3.05) is 26.4 Å². The monoisotopic (exact) mass is 450 g/mol. The van der Waals surface area contributed by atoms with Crippen LogP contribution in [-0.4, -0.2) is 35.6 Å². The summed E-state index contributed by atoms with van der Waals surface area (Å²) in [5, 5.41) is 0. The lowest BCUT2D eigenvalue weighted by Crippen LogP contribution is -2.38. The van der Waals surface area contributed by atoms with Crippen molar-refractivity contribution in [1.29, 1.82) is 0 Å². The molecule has 0 fully saturated rings. The van der Waals surface area contributed by atoms with Crippen LogP contribution in [0.2, 0.25) is 0 Å². The van der Waals surface area contributed by atoms with Crippen LogP contribution in [0.15, 0.2) is 61.2 Å². The van der Waals surface area contributed by atoms with Crippen LogP contribution in [-0.2, 0) is 35.7 Å². The van der Waals surface area contributed by atoms with Gasteiger partial charge in [-0.1, -0.05) is 24.3 Å². The summed E-state index contributed by atoms with van der Waals surface area (Å²) in [6.07, 6.45) is 7.70. The van der Waals surface area contributed by atoms with Gasteiger partial charge in [-0.25, -0.2) is 18.3 Å². The number of ether oxygens (including phenoxy) is 2. The molecule has 0 spiro atoms. The van der Waals surface area contributed by atoms with Gasteiger partial charge in [-0.2, -0.15) is 0 Å². The number of rotatable bonds is 14. The third-order valence-electron chi connectivity index (χ3n) is 6.14. The Labute approximate surface area is 197 Å². The number of imidazole rings is 2. The first kappa shape index (κ1) is 23.5. The molecular weight excluding hydrogens is 412 g/mol. The van der Waals surface area contributed by atoms with Gasteiger partial charge in [-0.3, -0.25) is 0 Å². The van der Waals surface area contributed by atoms with Crippen LogP contribution in [0.4, 0.5) is 0 Å². The summed E-state index contributed by atoms with van der Waals surface area (Å²) in [5.74, 6) is 0. The molecule has 0 aliphatic rings. The normalized spacial score (nSPS) is 11.7. The number of para-hydroxylation sites is 4. The minimum absolute atomic E-state index is 0.785. The highest BCUT2D eigenvalue weighted by Crippen LogP contribution is 2.13. The van der Waals surface area contributed by atoms with E-state index >= 15 is 0 Å². The second kappa shape index (κ2) is 12.0. The lowest BCUT2D eigenvalue weighted by Gasteiger charge is -1.99. The Balaban J connectivity index is 1.43. The molecule has 0 aliphatic heterocycles. The summed E-state index contributed by atoms with van der Waals surface area (Å²) < 4.78 is 20.6. The maximum Gasteiger partial charge on any atom is 0.244 e. The fourth-order valence-electron chi connectivity index (χ4n) is 4.57. The molecule has 6 heteroatoms. The Hall–Kier alpha value is -2.70. The number of benzene rings is 2. The van der Waals surface area contributed by atoms with Crippen LogP contribution >= 0.6 is 0 Å². The number of hydrogen-bond acceptors (Lipinski definition) is 2. The highest BCUT2D eigenvalue weighted by atomic mass is 16.5. The topological polar surface area (TPSA) is 36.1 Å². The Morgan fingerprint density at radius 3 is 1.55 bits per heavy atom. The summed E-state index contributed by atoms with van der Waals surface area (Å²) in [7, 11) is 0. The number of nitrogens with zero attached hydrogens (tertiary/aromatic N) is 4. The van der Waals surface area contributed by atoms with Crippen LogP contribution < -0.4 is 9.13 Å². The zero-order chi connectivity index (χ0) is 22.9. The lowest BCUT2D eigenvalue weighted by molar-refractivity contribution is -0.703. The molecule has 0 aliphatic carbocycles. The lowest BCUT2D eigenvalue weighted by atomic mass is 10.3. The summed E-state index contributed by atoms with van der Waals surface area (Å²) in [6.45, 7) is 11.3. The van der Waals surface area contributed by atoms with Crippen molar-refractivity contribution >= 4 is 22.1 Å². The van der Waals surface area contributed by atoms with Crippen LogP contribution in [0.25, 0.3) is 22.1 Å². The molecule has 33 heavy (non-hydrogen) atoms. The van der Waals surface area contributed by atoms with Crippen LogP contribution in [0.3, 0.4) is 0 Å². The van der Waals surface area contributed by atoms with Crippen LogP contribution in [0, 0.1) is 0 Å². The molecule has 0 atom stereocenters. The highest BCUT2D eigenvalue weighted by molar-refractivity contribution is 5.72. The van der Waals surface area contributed by atoms with Crippen molar-refractivity contribution in [3.63, 3.8) is 0 Å². The maximum absolute atomic E-state index is 5.53. The first-order chi connectivity index (χ1) is 16.3. The Bertz CT molecular complexity index is 1060. The molecule has 0 bridgehead atoms. The minimum atomic E-state index is 0.785. The molecule has 6 nitrogen and oxygen atoms in total. The molecule has 4 aromatic rings. The predicted octanol–water partition coefficient (Wildman–Crippen LogP) is 4.11. The van der Waals surface area contributed by atoms with E-state index in [0.29, 0.717) is 0 Å². The largest absolute Gasteiger partial charge is 0.382 e. The average molecular weight is 451 g/mol. The summed E-state index contributed by atoms with van der Waals surface area (Å²) in [4.78, 5) is 0. The third-order valence-corrected chi connectivity index (χ3v) is 6.14. The average Bonchev–Trinajstić information content (AvgIpc) is 3.38. The summed E-state index contributed by atoms with van der Waals surface area (Å²) in [5.41, 5.74) is 5.20. The van der Waals surface area contributed by atoms with Gasteiger partial charge in [0.1, 0.15) is 0 Å². The molecule has 2 aromatic carbocycles. The van der Waals surface area contributed by atoms with Crippen LogP contribution in [0.5, 0.6) is 0 Å². The van der Waals surface area contributed by atoms with E-state index in [-0.39, 0.29) is 0 Å². The van der Waals surface area contributed by atoms with E-state index in [1.54, 1.807) is 0 Å².